The average Bonchev–Trinajstić information content (AvgIpc) is 3.08. The van der Waals surface area contributed by atoms with Gasteiger partial charge in [0.15, 0.2) is 0 Å². The van der Waals surface area contributed by atoms with Crippen molar-refractivity contribution in [2.45, 2.75) is 31.6 Å². The predicted molar refractivity (Wildman–Crippen MR) is 95.0 cm³/mol. The Kier molecular flexibility index (Phi) is 3.68. The maximum absolute atomic E-state index is 7.82. The van der Waals surface area contributed by atoms with Gasteiger partial charge in [-0.3, -0.25) is 4.98 Å². The van der Waals surface area contributed by atoms with Gasteiger partial charge in [0.05, 0.1) is 14.5 Å². The highest BCUT2D eigenvalue weighted by atomic mass is 16.5. The molecule has 4 nitrogen and oxygen atoms in total. The Morgan fingerprint density at radius 3 is 2.88 bits per heavy atom. The number of hydrogen-bond donors (Lipinski definition) is 0. The van der Waals surface area contributed by atoms with Crippen LogP contribution in [0.25, 0.3) is 16.6 Å². The molecule has 1 aliphatic rings. The molecular weight excluding hydrogens is 298 g/mol. The Morgan fingerprint density at radius 2 is 2.08 bits per heavy atom. The quantitative estimate of drug-likeness (QED) is 0.718. The zero-order valence-electron chi connectivity index (χ0n) is 15.9. The first kappa shape index (κ1) is 13.1. The summed E-state index contributed by atoms with van der Waals surface area (Å²) in [5, 5.41) is 4.52. The summed E-state index contributed by atoms with van der Waals surface area (Å²) in [6, 6.07) is 5.96. The molecule has 0 saturated heterocycles. The van der Waals surface area contributed by atoms with Crippen LogP contribution in [0.4, 0.5) is 0 Å². The van der Waals surface area contributed by atoms with E-state index in [4.69, 9.17) is 7.48 Å². The first-order chi connectivity index (χ1) is 12.7. The molecule has 124 valence electrons. The van der Waals surface area contributed by atoms with Crippen molar-refractivity contribution in [1.82, 2.24) is 14.6 Å². The summed E-state index contributed by atoms with van der Waals surface area (Å²) in [4.78, 5) is 4.01. The van der Waals surface area contributed by atoms with E-state index < -0.39 is 0 Å². The van der Waals surface area contributed by atoms with Crippen LogP contribution in [0.5, 0.6) is 0 Å². The number of nitrogens with zero attached hydrogens (tertiary/aromatic N) is 3. The number of pyridine rings is 2. The second-order valence-corrected chi connectivity index (χ2v) is 6.63. The van der Waals surface area contributed by atoms with E-state index in [9.17, 15) is 0 Å². The summed E-state index contributed by atoms with van der Waals surface area (Å²) in [6.45, 7) is 0.861. The fraction of sp³-hybridized carbons (Fsp3) is 0.400. The molecule has 0 radical (unpaired) electrons. The van der Waals surface area contributed by atoms with Crippen LogP contribution in [0, 0.1) is 5.92 Å². The Labute approximate surface area is 145 Å². The van der Waals surface area contributed by atoms with Gasteiger partial charge in [0.25, 0.3) is 0 Å². The van der Waals surface area contributed by atoms with Crippen LogP contribution >= 0.6 is 0 Å². The summed E-state index contributed by atoms with van der Waals surface area (Å²) in [6.07, 6.45) is 10.4. The van der Waals surface area contributed by atoms with Gasteiger partial charge < -0.3 is 4.74 Å². The molecule has 0 atom stereocenters. The fourth-order valence-corrected chi connectivity index (χ4v) is 3.81. The normalized spacial score (nSPS) is 22.4. The minimum Gasteiger partial charge on any atom is -0.384 e. The predicted octanol–water partition coefficient (Wildman–Crippen LogP) is 4.32. The number of hydrogen-bond acceptors (Lipinski definition) is 3. The monoisotopic (exact) mass is 323 g/mol. The smallest absolute Gasteiger partial charge is 0.0840 e. The number of rotatable bonds is 4. The lowest BCUT2D eigenvalue weighted by molar-refractivity contribution is 0.127. The molecule has 3 aromatic rings. The maximum Gasteiger partial charge on any atom is 0.0840 e. The molecule has 0 aromatic carbocycles. The Hall–Kier alpha value is -2.20. The Bertz CT molecular complexity index is 917. The van der Waals surface area contributed by atoms with Gasteiger partial charge in [-0.05, 0) is 61.3 Å². The zero-order valence-corrected chi connectivity index (χ0v) is 13.9. The lowest BCUT2D eigenvalue weighted by Crippen LogP contribution is -2.17. The molecule has 0 N–H and O–H groups in total. The third-order valence-corrected chi connectivity index (χ3v) is 5.13. The molecule has 0 amide bonds. The SMILES string of the molecule is [2H]c1cc(-c2ccn3ncc([C@H]4CC[C@H](COC)CC4)c3c2)cnc1[2H]. The van der Waals surface area contributed by atoms with Gasteiger partial charge in [-0.15, -0.1) is 0 Å². The van der Waals surface area contributed by atoms with Gasteiger partial charge in [0.1, 0.15) is 0 Å². The molecule has 4 rings (SSSR count). The van der Waals surface area contributed by atoms with E-state index in [2.05, 4.69) is 16.1 Å². The van der Waals surface area contributed by atoms with E-state index in [1.807, 2.05) is 23.0 Å². The van der Waals surface area contributed by atoms with Crippen molar-refractivity contribution in [3.05, 3.63) is 54.6 Å². The standard InChI is InChI=1S/C20H23N3O/c1-24-14-15-4-6-16(7-5-15)19-13-22-23-10-8-17(11-20(19)23)18-3-2-9-21-12-18/h2-3,8-13,15-16H,4-7,14H2,1H3/t15-,16-/i2D,9D. The Morgan fingerprint density at radius 1 is 1.21 bits per heavy atom. The van der Waals surface area contributed by atoms with Gasteiger partial charge in [-0.25, -0.2) is 4.52 Å². The molecule has 0 bridgehead atoms. The topological polar surface area (TPSA) is 39.4 Å². The molecule has 3 heterocycles. The lowest BCUT2D eigenvalue weighted by atomic mass is 9.79. The van der Waals surface area contributed by atoms with Gasteiger partial charge in [-0.2, -0.15) is 5.10 Å². The molecule has 0 aliphatic heterocycles. The molecule has 4 heteroatoms. The van der Waals surface area contributed by atoms with E-state index in [0.29, 0.717) is 11.8 Å². The first-order valence-corrected chi connectivity index (χ1v) is 8.55. The van der Waals surface area contributed by atoms with Gasteiger partial charge >= 0.3 is 0 Å². The first-order valence-electron chi connectivity index (χ1n) is 9.55. The molecular formula is C20H23N3O. The number of fused-ring (bicyclic) bond motifs is 1. The van der Waals surface area contributed by atoms with Crippen molar-refractivity contribution in [3.8, 4) is 11.1 Å². The fourth-order valence-electron chi connectivity index (χ4n) is 3.81. The summed E-state index contributed by atoms with van der Waals surface area (Å²) in [5.41, 5.74) is 4.30. The molecule has 1 fully saturated rings. The lowest BCUT2D eigenvalue weighted by Gasteiger charge is -2.27. The van der Waals surface area contributed by atoms with Crippen LogP contribution < -0.4 is 0 Å². The van der Waals surface area contributed by atoms with Crippen molar-refractivity contribution < 1.29 is 7.48 Å². The van der Waals surface area contributed by atoms with Crippen molar-refractivity contribution in [2.24, 2.45) is 5.92 Å². The molecule has 1 saturated carbocycles. The van der Waals surface area contributed by atoms with Crippen molar-refractivity contribution in [3.63, 3.8) is 0 Å². The van der Waals surface area contributed by atoms with Crippen molar-refractivity contribution in [2.75, 3.05) is 13.7 Å². The van der Waals surface area contributed by atoms with E-state index in [1.54, 1.807) is 19.4 Å². The Balaban J connectivity index is 1.64. The molecule has 0 spiro atoms. The highest BCUT2D eigenvalue weighted by Crippen LogP contribution is 2.38. The van der Waals surface area contributed by atoms with E-state index in [0.717, 1.165) is 23.3 Å². The van der Waals surface area contributed by atoms with Crippen LogP contribution in [0.1, 0.15) is 39.9 Å². The van der Waals surface area contributed by atoms with E-state index in [-0.39, 0.29) is 12.2 Å². The molecule has 1 aliphatic carbocycles. The maximum atomic E-state index is 7.82. The summed E-state index contributed by atoms with van der Waals surface area (Å²) >= 11 is 0. The van der Waals surface area contributed by atoms with Gasteiger partial charge in [0.2, 0.25) is 0 Å². The minimum absolute atomic E-state index is 0.00712. The minimum atomic E-state index is 0.00712. The van der Waals surface area contributed by atoms with E-state index in [1.165, 1.54) is 31.2 Å². The van der Waals surface area contributed by atoms with Crippen molar-refractivity contribution in [1.29, 1.82) is 0 Å². The number of aromatic nitrogens is 3. The highest BCUT2D eigenvalue weighted by Gasteiger charge is 2.24. The van der Waals surface area contributed by atoms with Crippen LogP contribution in [-0.2, 0) is 4.74 Å². The average molecular weight is 323 g/mol. The summed E-state index contributed by atoms with van der Waals surface area (Å²) in [5.74, 6) is 1.22. The van der Waals surface area contributed by atoms with Crippen LogP contribution in [0.2, 0.25) is 0 Å². The van der Waals surface area contributed by atoms with Crippen LogP contribution in [0.3, 0.4) is 0 Å². The summed E-state index contributed by atoms with van der Waals surface area (Å²) in [7, 11) is 1.78. The molecule has 3 aromatic heterocycles. The van der Waals surface area contributed by atoms with Crippen molar-refractivity contribution >= 4 is 5.52 Å². The van der Waals surface area contributed by atoms with Gasteiger partial charge in [0, 0.05) is 43.4 Å². The summed E-state index contributed by atoms with van der Waals surface area (Å²) < 4.78 is 22.6. The van der Waals surface area contributed by atoms with Crippen LogP contribution in [0.15, 0.2) is 49.0 Å². The molecule has 0 unspecified atom stereocenters. The molecule has 24 heavy (non-hydrogen) atoms. The van der Waals surface area contributed by atoms with E-state index >= 15 is 0 Å². The zero-order chi connectivity index (χ0) is 18.1. The number of ether oxygens (including phenoxy) is 1. The third kappa shape index (κ3) is 2.94. The third-order valence-electron chi connectivity index (χ3n) is 5.13. The second kappa shape index (κ2) is 6.73. The largest absolute Gasteiger partial charge is 0.384 e. The highest BCUT2D eigenvalue weighted by molar-refractivity contribution is 5.70. The van der Waals surface area contributed by atoms with Gasteiger partial charge in [-0.1, -0.05) is 6.07 Å². The van der Waals surface area contributed by atoms with Crippen LogP contribution in [-0.4, -0.2) is 28.3 Å². The number of methoxy groups -OCH3 is 1. The second-order valence-electron chi connectivity index (χ2n) is 6.63.